The van der Waals surface area contributed by atoms with Crippen LogP contribution in [0.5, 0.6) is 0 Å². The SMILES string of the molecule is CCN(CC)CCNC1(C#N)CCCCCCC1. The van der Waals surface area contributed by atoms with Gasteiger partial charge in [-0.3, -0.25) is 5.32 Å². The Morgan fingerprint density at radius 1 is 1.06 bits per heavy atom. The summed E-state index contributed by atoms with van der Waals surface area (Å²) in [6.45, 7) is 8.57. The van der Waals surface area contributed by atoms with E-state index >= 15 is 0 Å². The van der Waals surface area contributed by atoms with Gasteiger partial charge in [-0.1, -0.05) is 46.0 Å². The zero-order valence-electron chi connectivity index (χ0n) is 12.2. The highest BCUT2D eigenvalue weighted by Gasteiger charge is 2.29. The van der Waals surface area contributed by atoms with E-state index in [9.17, 15) is 5.26 Å². The van der Waals surface area contributed by atoms with Crippen LogP contribution in [-0.2, 0) is 0 Å². The second-order valence-electron chi connectivity index (χ2n) is 5.42. The van der Waals surface area contributed by atoms with Crippen LogP contribution in [0.4, 0.5) is 0 Å². The molecule has 0 radical (unpaired) electrons. The molecule has 0 aromatic heterocycles. The Morgan fingerprint density at radius 2 is 1.61 bits per heavy atom. The summed E-state index contributed by atoms with van der Waals surface area (Å²) in [5, 5.41) is 13.1. The summed E-state index contributed by atoms with van der Waals surface area (Å²) in [5.74, 6) is 0. The van der Waals surface area contributed by atoms with Gasteiger partial charge in [-0.2, -0.15) is 5.26 Å². The molecule has 0 atom stereocenters. The van der Waals surface area contributed by atoms with Gasteiger partial charge in [0.25, 0.3) is 0 Å². The van der Waals surface area contributed by atoms with Crippen molar-refractivity contribution in [2.75, 3.05) is 26.2 Å². The second-order valence-corrected chi connectivity index (χ2v) is 5.42. The second kappa shape index (κ2) is 8.50. The van der Waals surface area contributed by atoms with Gasteiger partial charge in [0, 0.05) is 13.1 Å². The van der Waals surface area contributed by atoms with Crippen LogP contribution in [0, 0.1) is 11.3 Å². The van der Waals surface area contributed by atoms with E-state index in [4.69, 9.17) is 0 Å². The molecule has 0 spiro atoms. The standard InChI is InChI=1S/C15H29N3/c1-3-18(4-2)13-12-17-15(14-16)10-8-6-5-7-9-11-15/h17H,3-13H2,1-2H3. The lowest BCUT2D eigenvalue weighted by atomic mass is 9.85. The largest absolute Gasteiger partial charge is 0.303 e. The Morgan fingerprint density at radius 3 is 2.11 bits per heavy atom. The van der Waals surface area contributed by atoms with E-state index in [1.54, 1.807) is 0 Å². The molecule has 1 aliphatic carbocycles. The monoisotopic (exact) mass is 251 g/mol. The Labute approximate surface area is 113 Å². The average molecular weight is 251 g/mol. The summed E-state index contributed by atoms with van der Waals surface area (Å²) in [7, 11) is 0. The third-order valence-corrected chi connectivity index (χ3v) is 4.21. The molecule has 3 nitrogen and oxygen atoms in total. The molecule has 0 heterocycles. The van der Waals surface area contributed by atoms with Gasteiger partial charge in [0.15, 0.2) is 0 Å². The lowest BCUT2D eigenvalue weighted by molar-refractivity contribution is 0.265. The average Bonchev–Trinajstić information content (AvgIpc) is 2.37. The third-order valence-electron chi connectivity index (χ3n) is 4.21. The minimum absolute atomic E-state index is 0.242. The molecule has 3 heteroatoms. The molecule has 1 fully saturated rings. The topological polar surface area (TPSA) is 39.1 Å². The van der Waals surface area contributed by atoms with Crippen LogP contribution in [-0.4, -0.2) is 36.6 Å². The molecule has 1 saturated carbocycles. The highest BCUT2D eigenvalue weighted by Crippen LogP contribution is 2.25. The van der Waals surface area contributed by atoms with Gasteiger partial charge in [-0.25, -0.2) is 0 Å². The Bertz CT molecular complexity index is 245. The number of hydrogen-bond donors (Lipinski definition) is 1. The fraction of sp³-hybridized carbons (Fsp3) is 0.933. The van der Waals surface area contributed by atoms with E-state index < -0.39 is 0 Å². The predicted molar refractivity (Wildman–Crippen MR) is 76.5 cm³/mol. The predicted octanol–water partition coefficient (Wildman–Crippen LogP) is 2.92. The van der Waals surface area contributed by atoms with Crippen molar-refractivity contribution in [3.05, 3.63) is 0 Å². The highest BCUT2D eigenvalue weighted by atomic mass is 15.1. The summed E-state index contributed by atoms with van der Waals surface area (Å²) in [6, 6.07) is 2.57. The molecular formula is C15H29N3. The van der Waals surface area contributed by atoms with Crippen molar-refractivity contribution in [1.29, 1.82) is 5.26 Å². The molecule has 1 rings (SSSR count). The third kappa shape index (κ3) is 4.96. The summed E-state index contributed by atoms with van der Waals surface area (Å²) >= 11 is 0. The van der Waals surface area contributed by atoms with Gasteiger partial charge in [0.05, 0.1) is 6.07 Å². The van der Waals surface area contributed by atoms with Gasteiger partial charge in [0.2, 0.25) is 0 Å². The van der Waals surface area contributed by atoms with Gasteiger partial charge in [0.1, 0.15) is 5.54 Å². The fourth-order valence-electron chi connectivity index (χ4n) is 2.83. The molecule has 0 aromatic rings. The molecule has 1 aliphatic rings. The van der Waals surface area contributed by atoms with E-state index in [-0.39, 0.29) is 5.54 Å². The number of likely N-dealkylation sites (N-methyl/N-ethyl adjacent to an activating group) is 1. The molecular weight excluding hydrogens is 222 g/mol. The Balaban J connectivity index is 2.40. The van der Waals surface area contributed by atoms with Gasteiger partial charge in [-0.15, -0.1) is 0 Å². The molecule has 18 heavy (non-hydrogen) atoms. The van der Waals surface area contributed by atoms with Crippen LogP contribution in [0.1, 0.15) is 58.8 Å². The summed E-state index contributed by atoms with van der Waals surface area (Å²) in [5.41, 5.74) is -0.242. The van der Waals surface area contributed by atoms with Crippen molar-refractivity contribution in [2.45, 2.75) is 64.3 Å². The van der Waals surface area contributed by atoms with Crippen molar-refractivity contribution in [2.24, 2.45) is 0 Å². The number of nitrogens with one attached hydrogen (secondary N) is 1. The first-order valence-corrected chi connectivity index (χ1v) is 7.65. The van der Waals surface area contributed by atoms with Crippen LogP contribution < -0.4 is 5.32 Å². The minimum atomic E-state index is -0.242. The first-order chi connectivity index (χ1) is 8.76. The van der Waals surface area contributed by atoms with E-state index in [2.05, 4.69) is 30.1 Å². The molecule has 0 aromatic carbocycles. The smallest absolute Gasteiger partial charge is 0.106 e. The first-order valence-electron chi connectivity index (χ1n) is 7.65. The zero-order chi connectivity index (χ0) is 13.3. The van der Waals surface area contributed by atoms with E-state index in [0.717, 1.165) is 39.0 Å². The lowest BCUT2D eigenvalue weighted by Gasteiger charge is -2.31. The normalized spacial score (nSPS) is 20.1. The van der Waals surface area contributed by atoms with Crippen LogP contribution in [0.2, 0.25) is 0 Å². The van der Waals surface area contributed by atoms with Gasteiger partial charge in [-0.05, 0) is 25.9 Å². The number of rotatable bonds is 6. The molecule has 0 aliphatic heterocycles. The summed E-state index contributed by atoms with van der Waals surface area (Å²) < 4.78 is 0. The van der Waals surface area contributed by atoms with E-state index in [1.807, 2.05) is 0 Å². The van der Waals surface area contributed by atoms with Crippen LogP contribution in [0.3, 0.4) is 0 Å². The highest BCUT2D eigenvalue weighted by molar-refractivity contribution is 5.07. The Kier molecular flexibility index (Phi) is 7.31. The van der Waals surface area contributed by atoms with Crippen molar-refractivity contribution >= 4 is 0 Å². The van der Waals surface area contributed by atoms with Crippen LogP contribution in [0.25, 0.3) is 0 Å². The number of nitrogens with zero attached hydrogens (tertiary/aromatic N) is 2. The van der Waals surface area contributed by atoms with Crippen molar-refractivity contribution in [1.82, 2.24) is 10.2 Å². The number of nitriles is 1. The van der Waals surface area contributed by atoms with Gasteiger partial charge >= 0.3 is 0 Å². The zero-order valence-corrected chi connectivity index (χ0v) is 12.2. The number of hydrogen-bond acceptors (Lipinski definition) is 3. The summed E-state index contributed by atoms with van der Waals surface area (Å²) in [6.07, 6.45) is 8.39. The van der Waals surface area contributed by atoms with Crippen LogP contribution >= 0.6 is 0 Å². The van der Waals surface area contributed by atoms with Gasteiger partial charge < -0.3 is 4.90 Å². The summed E-state index contributed by atoms with van der Waals surface area (Å²) in [4.78, 5) is 2.40. The van der Waals surface area contributed by atoms with E-state index in [0.29, 0.717) is 0 Å². The maximum atomic E-state index is 9.51. The van der Waals surface area contributed by atoms with Crippen molar-refractivity contribution in [3.63, 3.8) is 0 Å². The fourth-order valence-corrected chi connectivity index (χ4v) is 2.83. The first kappa shape index (κ1) is 15.5. The Hall–Kier alpha value is -0.590. The quantitative estimate of drug-likeness (QED) is 0.789. The molecule has 0 saturated heterocycles. The van der Waals surface area contributed by atoms with E-state index in [1.165, 1.54) is 32.1 Å². The minimum Gasteiger partial charge on any atom is -0.303 e. The maximum Gasteiger partial charge on any atom is 0.106 e. The molecule has 0 amide bonds. The molecule has 1 N–H and O–H groups in total. The maximum absolute atomic E-state index is 9.51. The molecule has 104 valence electrons. The lowest BCUT2D eigenvalue weighted by Crippen LogP contribution is -2.47. The molecule has 0 unspecified atom stereocenters. The molecule has 0 bridgehead atoms. The van der Waals surface area contributed by atoms with Crippen LogP contribution in [0.15, 0.2) is 0 Å². The van der Waals surface area contributed by atoms with Crippen molar-refractivity contribution < 1.29 is 0 Å². The van der Waals surface area contributed by atoms with Crippen molar-refractivity contribution in [3.8, 4) is 6.07 Å².